The van der Waals surface area contributed by atoms with Crippen LogP contribution in [0, 0.1) is 0 Å². The maximum absolute atomic E-state index is 12.6. The van der Waals surface area contributed by atoms with Crippen molar-refractivity contribution in [2.45, 2.75) is 13.5 Å². The van der Waals surface area contributed by atoms with Gasteiger partial charge in [-0.05, 0) is 37.3 Å². The van der Waals surface area contributed by atoms with Crippen LogP contribution < -0.4 is 14.8 Å². The van der Waals surface area contributed by atoms with E-state index < -0.39 is 0 Å². The van der Waals surface area contributed by atoms with E-state index in [9.17, 15) is 4.79 Å². The third-order valence-electron chi connectivity index (χ3n) is 3.84. The van der Waals surface area contributed by atoms with Crippen molar-refractivity contribution in [3.05, 3.63) is 48.0 Å². The predicted octanol–water partition coefficient (Wildman–Crippen LogP) is 3.33. The van der Waals surface area contributed by atoms with Crippen molar-refractivity contribution >= 4 is 22.6 Å². The molecule has 0 radical (unpaired) electrons. The molecule has 0 saturated carbocycles. The second-order valence-electron chi connectivity index (χ2n) is 5.21. The molecule has 6 heteroatoms. The number of aromatic nitrogens is 2. The molecular weight excluding hydrogens is 306 g/mol. The van der Waals surface area contributed by atoms with E-state index in [1.165, 1.54) is 7.11 Å². The molecule has 0 atom stereocenters. The molecule has 3 rings (SSSR count). The third kappa shape index (κ3) is 2.78. The van der Waals surface area contributed by atoms with Gasteiger partial charge in [0.1, 0.15) is 0 Å². The first kappa shape index (κ1) is 15.9. The van der Waals surface area contributed by atoms with E-state index in [2.05, 4.69) is 10.4 Å². The maximum Gasteiger partial charge on any atom is 0.257 e. The van der Waals surface area contributed by atoms with Crippen molar-refractivity contribution in [3.63, 3.8) is 0 Å². The number of benzene rings is 2. The minimum atomic E-state index is -0.248. The summed E-state index contributed by atoms with van der Waals surface area (Å²) < 4.78 is 12.3. The standard InChI is InChI=1S/C18H19N3O3/c1-4-21-14-8-6-5-7-13(14)17(20-21)19-18(22)12-9-10-15(23-2)16(11-12)24-3/h5-11H,4H2,1-3H3,(H,19,20,22). The fourth-order valence-electron chi connectivity index (χ4n) is 2.62. The van der Waals surface area contributed by atoms with E-state index in [0.717, 1.165) is 17.4 Å². The average Bonchev–Trinajstić information content (AvgIpc) is 2.99. The Balaban J connectivity index is 1.93. The fraction of sp³-hybridized carbons (Fsp3) is 0.222. The van der Waals surface area contributed by atoms with Crippen molar-refractivity contribution in [2.75, 3.05) is 19.5 Å². The molecule has 0 aliphatic heterocycles. The molecule has 3 aromatic rings. The zero-order valence-electron chi connectivity index (χ0n) is 13.9. The Bertz CT molecular complexity index is 886. The second kappa shape index (κ2) is 6.62. The number of amides is 1. The number of nitrogens with zero attached hydrogens (tertiary/aromatic N) is 2. The number of hydrogen-bond acceptors (Lipinski definition) is 4. The highest BCUT2D eigenvalue weighted by Gasteiger charge is 2.15. The monoisotopic (exact) mass is 325 g/mol. The highest BCUT2D eigenvalue weighted by atomic mass is 16.5. The largest absolute Gasteiger partial charge is 0.493 e. The molecule has 0 aliphatic rings. The quantitative estimate of drug-likeness (QED) is 0.781. The highest BCUT2D eigenvalue weighted by molar-refractivity contribution is 6.08. The molecule has 0 aliphatic carbocycles. The Kier molecular flexibility index (Phi) is 4.37. The number of methoxy groups -OCH3 is 2. The lowest BCUT2D eigenvalue weighted by molar-refractivity contribution is 0.102. The Labute approximate surface area is 140 Å². The zero-order valence-corrected chi connectivity index (χ0v) is 13.9. The number of aryl methyl sites for hydroxylation is 1. The smallest absolute Gasteiger partial charge is 0.257 e. The van der Waals surface area contributed by atoms with Gasteiger partial charge in [-0.3, -0.25) is 9.48 Å². The van der Waals surface area contributed by atoms with Gasteiger partial charge in [-0.25, -0.2) is 0 Å². The van der Waals surface area contributed by atoms with Crippen molar-refractivity contribution in [2.24, 2.45) is 0 Å². The molecule has 0 spiro atoms. The first-order valence-corrected chi connectivity index (χ1v) is 7.66. The van der Waals surface area contributed by atoms with Crippen molar-refractivity contribution < 1.29 is 14.3 Å². The zero-order chi connectivity index (χ0) is 17.1. The number of ether oxygens (including phenoxy) is 2. The SMILES string of the molecule is CCn1nc(NC(=O)c2ccc(OC)c(OC)c2)c2ccccc21. The van der Waals surface area contributed by atoms with E-state index in [-0.39, 0.29) is 5.91 Å². The summed E-state index contributed by atoms with van der Waals surface area (Å²) in [6.07, 6.45) is 0. The molecule has 1 N–H and O–H groups in total. The summed E-state index contributed by atoms with van der Waals surface area (Å²) in [4.78, 5) is 12.6. The number of nitrogens with one attached hydrogen (secondary N) is 1. The van der Waals surface area contributed by atoms with Crippen LogP contribution in [0.2, 0.25) is 0 Å². The molecular formula is C18H19N3O3. The van der Waals surface area contributed by atoms with Crippen LogP contribution in [0.1, 0.15) is 17.3 Å². The summed E-state index contributed by atoms with van der Waals surface area (Å²) in [5.74, 6) is 1.39. The van der Waals surface area contributed by atoms with Crippen LogP contribution in [-0.2, 0) is 6.54 Å². The number of para-hydroxylation sites is 1. The molecule has 0 unspecified atom stereocenters. The van der Waals surface area contributed by atoms with Crippen LogP contribution in [0.5, 0.6) is 11.5 Å². The topological polar surface area (TPSA) is 65.4 Å². The van der Waals surface area contributed by atoms with E-state index in [1.807, 2.05) is 35.9 Å². The number of carbonyl (C=O) groups is 1. The number of carbonyl (C=O) groups excluding carboxylic acids is 1. The molecule has 0 bridgehead atoms. The summed E-state index contributed by atoms with van der Waals surface area (Å²) in [6, 6.07) is 12.8. The van der Waals surface area contributed by atoms with Gasteiger partial charge < -0.3 is 14.8 Å². The van der Waals surface area contributed by atoms with Gasteiger partial charge in [0.05, 0.1) is 19.7 Å². The Morgan fingerprint density at radius 2 is 1.88 bits per heavy atom. The number of fused-ring (bicyclic) bond motifs is 1. The number of rotatable bonds is 5. The Morgan fingerprint density at radius 3 is 2.58 bits per heavy atom. The van der Waals surface area contributed by atoms with Crippen LogP contribution in [0.3, 0.4) is 0 Å². The predicted molar refractivity (Wildman–Crippen MR) is 92.9 cm³/mol. The van der Waals surface area contributed by atoms with E-state index in [4.69, 9.17) is 9.47 Å². The number of hydrogen-bond donors (Lipinski definition) is 1. The summed E-state index contributed by atoms with van der Waals surface area (Å²) in [5, 5.41) is 8.27. The second-order valence-corrected chi connectivity index (χ2v) is 5.21. The van der Waals surface area contributed by atoms with Gasteiger partial charge in [0, 0.05) is 17.5 Å². The average molecular weight is 325 g/mol. The van der Waals surface area contributed by atoms with Crippen LogP contribution in [0.15, 0.2) is 42.5 Å². The Morgan fingerprint density at radius 1 is 1.12 bits per heavy atom. The summed E-state index contributed by atoms with van der Waals surface area (Å²) in [5.41, 5.74) is 1.46. The van der Waals surface area contributed by atoms with Gasteiger partial charge in [0.15, 0.2) is 17.3 Å². The lowest BCUT2D eigenvalue weighted by Crippen LogP contribution is -2.13. The van der Waals surface area contributed by atoms with Gasteiger partial charge >= 0.3 is 0 Å². The first-order chi connectivity index (χ1) is 11.7. The molecule has 1 amide bonds. The van der Waals surface area contributed by atoms with Crippen molar-refractivity contribution in [1.29, 1.82) is 0 Å². The van der Waals surface area contributed by atoms with Crippen LogP contribution in [-0.4, -0.2) is 29.9 Å². The van der Waals surface area contributed by atoms with E-state index in [1.54, 1.807) is 25.3 Å². The van der Waals surface area contributed by atoms with Gasteiger partial charge in [-0.2, -0.15) is 5.10 Å². The van der Waals surface area contributed by atoms with Crippen molar-refractivity contribution in [3.8, 4) is 11.5 Å². The summed E-state index contributed by atoms with van der Waals surface area (Å²) in [7, 11) is 3.09. The fourth-order valence-corrected chi connectivity index (χ4v) is 2.62. The molecule has 0 saturated heterocycles. The minimum Gasteiger partial charge on any atom is -0.493 e. The van der Waals surface area contributed by atoms with Gasteiger partial charge in [-0.15, -0.1) is 0 Å². The lowest BCUT2D eigenvalue weighted by atomic mass is 10.2. The van der Waals surface area contributed by atoms with Gasteiger partial charge in [-0.1, -0.05) is 12.1 Å². The molecule has 1 aromatic heterocycles. The maximum atomic E-state index is 12.6. The minimum absolute atomic E-state index is 0.248. The van der Waals surface area contributed by atoms with Crippen molar-refractivity contribution in [1.82, 2.24) is 9.78 Å². The molecule has 124 valence electrons. The van der Waals surface area contributed by atoms with Gasteiger partial charge in [0.2, 0.25) is 0 Å². The molecule has 6 nitrogen and oxygen atoms in total. The summed E-state index contributed by atoms with van der Waals surface area (Å²) >= 11 is 0. The number of anilines is 1. The lowest BCUT2D eigenvalue weighted by Gasteiger charge is -2.09. The van der Waals surface area contributed by atoms with Crippen LogP contribution in [0.25, 0.3) is 10.9 Å². The molecule has 24 heavy (non-hydrogen) atoms. The third-order valence-corrected chi connectivity index (χ3v) is 3.84. The van der Waals surface area contributed by atoms with E-state index >= 15 is 0 Å². The highest BCUT2D eigenvalue weighted by Crippen LogP contribution is 2.28. The Hall–Kier alpha value is -3.02. The summed E-state index contributed by atoms with van der Waals surface area (Å²) in [6.45, 7) is 2.74. The van der Waals surface area contributed by atoms with Crippen LogP contribution >= 0.6 is 0 Å². The van der Waals surface area contributed by atoms with Crippen LogP contribution in [0.4, 0.5) is 5.82 Å². The first-order valence-electron chi connectivity index (χ1n) is 7.66. The van der Waals surface area contributed by atoms with Gasteiger partial charge in [0.25, 0.3) is 5.91 Å². The molecule has 1 heterocycles. The normalized spacial score (nSPS) is 10.6. The van der Waals surface area contributed by atoms with E-state index in [0.29, 0.717) is 22.9 Å². The molecule has 0 fully saturated rings. The molecule has 2 aromatic carbocycles.